The zero-order chi connectivity index (χ0) is 18.7. The fraction of sp³-hybridized carbons (Fsp3) is 0.389. The summed E-state index contributed by atoms with van der Waals surface area (Å²) in [5.74, 6) is 0.568. The van der Waals surface area contributed by atoms with E-state index in [0.717, 1.165) is 16.6 Å². The molecular weight excluding hydrogens is 334 g/mol. The largest absolute Gasteiger partial charge is 0.385 e. The number of ether oxygens (including phenoxy) is 1. The van der Waals surface area contributed by atoms with Gasteiger partial charge in [0.2, 0.25) is 5.95 Å². The SMILES string of the molecule is COCCCNc1nc2c(c(=O)n(C)c(=O)n2C)n1Cc1ccccc1. The van der Waals surface area contributed by atoms with Gasteiger partial charge in [-0.15, -0.1) is 0 Å². The van der Waals surface area contributed by atoms with Crippen LogP contribution in [0.4, 0.5) is 5.95 Å². The van der Waals surface area contributed by atoms with Gasteiger partial charge in [-0.05, 0) is 12.0 Å². The zero-order valence-corrected chi connectivity index (χ0v) is 15.2. The molecular formula is C18H23N5O3. The molecule has 0 atom stereocenters. The third-order valence-corrected chi connectivity index (χ3v) is 4.34. The van der Waals surface area contributed by atoms with Gasteiger partial charge >= 0.3 is 5.69 Å². The topological polar surface area (TPSA) is 83.1 Å². The fourth-order valence-electron chi connectivity index (χ4n) is 2.92. The van der Waals surface area contributed by atoms with Crippen molar-refractivity contribution in [3.8, 4) is 0 Å². The van der Waals surface area contributed by atoms with Crippen molar-refractivity contribution in [3.63, 3.8) is 0 Å². The molecule has 0 saturated heterocycles. The monoisotopic (exact) mass is 357 g/mol. The summed E-state index contributed by atoms with van der Waals surface area (Å²) in [6, 6.07) is 9.84. The Kier molecular flexibility index (Phi) is 5.22. The van der Waals surface area contributed by atoms with Gasteiger partial charge in [0.15, 0.2) is 11.2 Å². The predicted octanol–water partition coefficient (Wildman–Crippen LogP) is 0.930. The first-order valence-corrected chi connectivity index (χ1v) is 8.47. The van der Waals surface area contributed by atoms with Crippen LogP contribution in [-0.4, -0.2) is 38.9 Å². The Labute approximate surface area is 150 Å². The van der Waals surface area contributed by atoms with Crippen molar-refractivity contribution in [2.24, 2.45) is 14.1 Å². The van der Waals surface area contributed by atoms with E-state index < -0.39 is 5.69 Å². The Morgan fingerprint density at radius 1 is 1.12 bits per heavy atom. The first kappa shape index (κ1) is 17.9. The molecule has 3 aromatic rings. The van der Waals surface area contributed by atoms with Crippen LogP contribution >= 0.6 is 0 Å². The molecule has 0 bridgehead atoms. The van der Waals surface area contributed by atoms with Gasteiger partial charge in [-0.2, -0.15) is 4.98 Å². The summed E-state index contributed by atoms with van der Waals surface area (Å²) in [7, 11) is 4.76. The van der Waals surface area contributed by atoms with Crippen molar-refractivity contribution in [3.05, 3.63) is 56.7 Å². The van der Waals surface area contributed by atoms with Crippen LogP contribution in [-0.2, 0) is 25.4 Å². The van der Waals surface area contributed by atoms with Crippen molar-refractivity contribution in [1.82, 2.24) is 18.7 Å². The Bertz CT molecular complexity index is 1020. The molecule has 8 heteroatoms. The maximum atomic E-state index is 12.7. The van der Waals surface area contributed by atoms with Crippen LogP contribution in [0, 0.1) is 0 Å². The highest BCUT2D eigenvalue weighted by Gasteiger charge is 2.19. The number of hydrogen-bond donors (Lipinski definition) is 1. The molecule has 0 aliphatic carbocycles. The second-order valence-corrected chi connectivity index (χ2v) is 6.16. The van der Waals surface area contributed by atoms with Crippen LogP contribution in [0.3, 0.4) is 0 Å². The molecule has 0 spiro atoms. The van der Waals surface area contributed by atoms with Crippen LogP contribution < -0.4 is 16.6 Å². The highest BCUT2D eigenvalue weighted by atomic mass is 16.5. The first-order chi connectivity index (χ1) is 12.5. The summed E-state index contributed by atoms with van der Waals surface area (Å²) < 4.78 is 9.41. The van der Waals surface area contributed by atoms with Crippen molar-refractivity contribution < 1.29 is 4.74 Å². The van der Waals surface area contributed by atoms with Crippen molar-refractivity contribution in [1.29, 1.82) is 0 Å². The molecule has 2 aromatic heterocycles. The number of nitrogens with one attached hydrogen (secondary N) is 1. The molecule has 1 N–H and O–H groups in total. The highest BCUT2D eigenvalue weighted by Crippen LogP contribution is 2.17. The number of aromatic nitrogens is 4. The number of aryl methyl sites for hydroxylation is 1. The van der Waals surface area contributed by atoms with E-state index in [1.807, 2.05) is 34.9 Å². The third kappa shape index (κ3) is 3.28. The Morgan fingerprint density at radius 3 is 2.54 bits per heavy atom. The van der Waals surface area contributed by atoms with Gasteiger partial charge in [-0.3, -0.25) is 18.5 Å². The first-order valence-electron chi connectivity index (χ1n) is 8.47. The van der Waals surface area contributed by atoms with E-state index in [0.29, 0.717) is 36.8 Å². The normalized spacial score (nSPS) is 11.2. The van der Waals surface area contributed by atoms with E-state index in [1.54, 1.807) is 14.2 Å². The molecule has 0 saturated carbocycles. The average molecular weight is 357 g/mol. The summed E-state index contributed by atoms with van der Waals surface area (Å²) in [6.07, 6.45) is 0.808. The fourth-order valence-corrected chi connectivity index (χ4v) is 2.92. The van der Waals surface area contributed by atoms with Gasteiger partial charge < -0.3 is 10.1 Å². The lowest BCUT2D eigenvalue weighted by Crippen LogP contribution is -2.37. The van der Waals surface area contributed by atoms with E-state index in [2.05, 4.69) is 10.3 Å². The van der Waals surface area contributed by atoms with Crippen molar-refractivity contribution >= 4 is 17.1 Å². The molecule has 0 fully saturated rings. The molecule has 3 rings (SSSR count). The maximum absolute atomic E-state index is 12.7. The molecule has 2 heterocycles. The van der Waals surface area contributed by atoms with Gasteiger partial charge in [-0.1, -0.05) is 30.3 Å². The van der Waals surface area contributed by atoms with Gasteiger partial charge in [0.25, 0.3) is 5.56 Å². The molecule has 0 aliphatic rings. The van der Waals surface area contributed by atoms with Crippen LogP contribution in [0.15, 0.2) is 39.9 Å². The van der Waals surface area contributed by atoms with Crippen LogP contribution in [0.2, 0.25) is 0 Å². The second kappa shape index (κ2) is 7.57. The number of hydrogen-bond acceptors (Lipinski definition) is 5. The number of benzene rings is 1. The minimum absolute atomic E-state index is 0.350. The highest BCUT2D eigenvalue weighted by molar-refractivity contribution is 5.74. The van der Waals surface area contributed by atoms with Gasteiger partial charge in [-0.25, -0.2) is 4.79 Å². The minimum Gasteiger partial charge on any atom is -0.385 e. The summed E-state index contributed by atoms with van der Waals surface area (Å²) in [5, 5.41) is 3.26. The van der Waals surface area contributed by atoms with E-state index in [-0.39, 0.29) is 5.56 Å². The van der Waals surface area contributed by atoms with E-state index in [1.165, 1.54) is 11.6 Å². The lowest BCUT2D eigenvalue weighted by molar-refractivity contribution is 0.197. The summed E-state index contributed by atoms with van der Waals surface area (Å²) in [4.78, 5) is 29.5. The van der Waals surface area contributed by atoms with Crippen LogP contribution in [0.25, 0.3) is 11.2 Å². The lowest BCUT2D eigenvalue weighted by Gasteiger charge is -2.11. The molecule has 8 nitrogen and oxygen atoms in total. The third-order valence-electron chi connectivity index (χ3n) is 4.34. The Hall–Kier alpha value is -2.87. The molecule has 0 aliphatic heterocycles. The van der Waals surface area contributed by atoms with E-state index in [9.17, 15) is 9.59 Å². The maximum Gasteiger partial charge on any atom is 0.332 e. The number of methoxy groups -OCH3 is 1. The van der Waals surface area contributed by atoms with Gasteiger partial charge in [0.1, 0.15) is 0 Å². The zero-order valence-electron chi connectivity index (χ0n) is 15.2. The minimum atomic E-state index is -0.391. The summed E-state index contributed by atoms with van der Waals surface area (Å²) in [6.45, 7) is 1.77. The predicted molar refractivity (Wildman–Crippen MR) is 101 cm³/mol. The molecule has 26 heavy (non-hydrogen) atoms. The second-order valence-electron chi connectivity index (χ2n) is 6.16. The lowest BCUT2D eigenvalue weighted by atomic mass is 10.2. The smallest absolute Gasteiger partial charge is 0.332 e. The van der Waals surface area contributed by atoms with Crippen LogP contribution in [0.1, 0.15) is 12.0 Å². The van der Waals surface area contributed by atoms with E-state index in [4.69, 9.17) is 4.74 Å². The summed E-state index contributed by atoms with van der Waals surface area (Å²) >= 11 is 0. The molecule has 0 unspecified atom stereocenters. The molecule has 138 valence electrons. The van der Waals surface area contributed by atoms with Gasteiger partial charge in [0.05, 0.1) is 6.54 Å². The Morgan fingerprint density at radius 2 is 1.85 bits per heavy atom. The quantitative estimate of drug-likeness (QED) is 0.636. The number of anilines is 1. The Balaban J connectivity index is 2.13. The van der Waals surface area contributed by atoms with E-state index >= 15 is 0 Å². The molecule has 0 amide bonds. The average Bonchev–Trinajstić information content (AvgIpc) is 3.01. The van der Waals surface area contributed by atoms with Crippen molar-refractivity contribution in [2.45, 2.75) is 13.0 Å². The van der Waals surface area contributed by atoms with Gasteiger partial charge in [0, 0.05) is 34.4 Å². The molecule has 0 radical (unpaired) electrons. The van der Waals surface area contributed by atoms with Crippen molar-refractivity contribution in [2.75, 3.05) is 25.6 Å². The molecule has 1 aromatic carbocycles. The number of fused-ring (bicyclic) bond motifs is 1. The standard InChI is InChI=1S/C18H23N5O3/c1-21-15-14(16(24)22(2)18(21)25)23(12-13-8-5-4-6-9-13)17(20-15)19-10-7-11-26-3/h4-6,8-9H,7,10-12H2,1-3H3,(H,19,20). The summed E-state index contributed by atoms with van der Waals surface area (Å²) in [5.41, 5.74) is 1.09. The number of nitrogens with zero attached hydrogens (tertiary/aromatic N) is 4. The van der Waals surface area contributed by atoms with Crippen LogP contribution in [0.5, 0.6) is 0 Å². The number of rotatable bonds is 7. The number of imidazole rings is 1.